The Labute approximate surface area is 202 Å². The zero-order valence-electron chi connectivity index (χ0n) is 19.2. The standard InChI is InChI=1S/C26H26N4O3S/c1-17-24(34-16-29-17)21-11-10-19(14-27-21)26(31)30-12-6-5-8-22(30)25-28-15-20(33-25)13-18-7-3-4-9-23(18)32-2/h3-4,7,9-11,14-16,22H,5-6,8,12-13H2,1-2H3/t22-/m1/s1. The van der Waals surface area contributed by atoms with Crippen molar-refractivity contribution in [3.8, 4) is 16.3 Å². The van der Waals surface area contributed by atoms with E-state index in [0.29, 0.717) is 24.4 Å². The number of oxazole rings is 1. The molecule has 1 atom stereocenters. The van der Waals surface area contributed by atoms with Gasteiger partial charge in [0.25, 0.3) is 5.91 Å². The summed E-state index contributed by atoms with van der Waals surface area (Å²) in [7, 11) is 1.66. The number of nitrogens with zero attached hydrogens (tertiary/aromatic N) is 4. The van der Waals surface area contributed by atoms with E-state index in [-0.39, 0.29) is 11.9 Å². The molecule has 7 nitrogen and oxygen atoms in total. The fraction of sp³-hybridized carbons (Fsp3) is 0.308. The Kier molecular flexibility index (Phi) is 6.40. The number of aryl methyl sites for hydroxylation is 1. The molecule has 1 amide bonds. The second kappa shape index (κ2) is 9.77. The largest absolute Gasteiger partial charge is 0.496 e. The first-order valence-electron chi connectivity index (χ1n) is 11.4. The summed E-state index contributed by atoms with van der Waals surface area (Å²) in [5.41, 5.74) is 5.19. The lowest BCUT2D eigenvalue weighted by molar-refractivity contribution is 0.0569. The minimum atomic E-state index is -0.184. The van der Waals surface area contributed by atoms with Gasteiger partial charge in [0, 0.05) is 24.7 Å². The van der Waals surface area contributed by atoms with Gasteiger partial charge < -0.3 is 14.1 Å². The number of piperidine rings is 1. The topological polar surface area (TPSA) is 81.4 Å². The van der Waals surface area contributed by atoms with Gasteiger partial charge in [-0.15, -0.1) is 11.3 Å². The van der Waals surface area contributed by atoms with Crippen LogP contribution in [-0.2, 0) is 6.42 Å². The van der Waals surface area contributed by atoms with Crippen LogP contribution in [0.4, 0.5) is 0 Å². The summed E-state index contributed by atoms with van der Waals surface area (Å²) < 4.78 is 11.6. The SMILES string of the molecule is COc1ccccc1Cc1cnc([C@H]2CCCCN2C(=O)c2ccc(-c3scnc3C)nc2)o1. The fourth-order valence-corrected chi connectivity index (χ4v) is 5.18. The van der Waals surface area contributed by atoms with Crippen LogP contribution < -0.4 is 4.74 Å². The number of ether oxygens (including phenoxy) is 1. The first kappa shape index (κ1) is 22.3. The zero-order chi connectivity index (χ0) is 23.5. The molecule has 0 bridgehead atoms. The number of hydrogen-bond donors (Lipinski definition) is 0. The van der Waals surface area contributed by atoms with Gasteiger partial charge in [0.2, 0.25) is 5.89 Å². The maximum absolute atomic E-state index is 13.4. The maximum atomic E-state index is 13.4. The molecule has 3 aromatic heterocycles. The van der Waals surface area contributed by atoms with Gasteiger partial charge in [-0.3, -0.25) is 9.78 Å². The van der Waals surface area contributed by atoms with Crippen molar-refractivity contribution in [2.75, 3.05) is 13.7 Å². The molecule has 0 aliphatic carbocycles. The van der Waals surface area contributed by atoms with Crippen molar-refractivity contribution in [3.63, 3.8) is 0 Å². The lowest BCUT2D eigenvalue weighted by Gasteiger charge is -2.33. The Hall–Kier alpha value is -3.52. The van der Waals surface area contributed by atoms with Gasteiger partial charge in [-0.1, -0.05) is 18.2 Å². The molecule has 8 heteroatoms. The predicted octanol–water partition coefficient (Wildman–Crippen LogP) is 5.47. The van der Waals surface area contributed by atoms with Crippen molar-refractivity contribution in [1.82, 2.24) is 19.9 Å². The van der Waals surface area contributed by atoms with E-state index in [2.05, 4.69) is 15.0 Å². The average molecular weight is 475 g/mol. The zero-order valence-corrected chi connectivity index (χ0v) is 20.0. The molecule has 34 heavy (non-hydrogen) atoms. The molecule has 0 spiro atoms. The Morgan fingerprint density at radius 2 is 2.03 bits per heavy atom. The third-order valence-electron chi connectivity index (χ3n) is 6.17. The molecule has 4 aromatic rings. The van der Waals surface area contributed by atoms with E-state index in [4.69, 9.17) is 9.15 Å². The molecule has 174 valence electrons. The van der Waals surface area contributed by atoms with Gasteiger partial charge in [-0.05, 0) is 44.4 Å². The minimum absolute atomic E-state index is 0.0470. The number of aromatic nitrogens is 3. The number of thiazole rings is 1. The summed E-state index contributed by atoms with van der Waals surface area (Å²) in [6.07, 6.45) is 6.81. The van der Waals surface area contributed by atoms with Crippen LogP contribution in [0, 0.1) is 6.92 Å². The molecular weight excluding hydrogens is 448 g/mol. The van der Waals surface area contributed by atoms with Crippen molar-refractivity contribution in [3.05, 3.63) is 82.8 Å². The van der Waals surface area contributed by atoms with Crippen molar-refractivity contribution in [1.29, 1.82) is 0 Å². The number of pyridine rings is 1. The monoisotopic (exact) mass is 474 g/mol. The smallest absolute Gasteiger partial charge is 0.256 e. The van der Waals surface area contributed by atoms with Crippen molar-refractivity contribution >= 4 is 17.2 Å². The highest BCUT2D eigenvalue weighted by molar-refractivity contribution is 7.13. The van der Waals surface area contributed by atoms with Crippen LogP contribution in [0.25, 0.3) is 10.6 Å². The molecular formula is C26H26N4O3S. The molecule has 0 unspecified atom stereocenters. The first-order chi connectivity index (χ1) is 16.6. The normalized spacial score (nSPS) is 15.9. The summed E-state index contributed by atoms with van der Waals surface area (Å²) >= 11 is 1.55. The third kappa shape index (κ3) is 4.46. The fourth-order valence-electron chi connectivity index (χ4n) is 4.39. The van der Waals surface area contributed by atoms with Crippen molar-refractivity contribution in [2.45, 2.75) is 38.6 Å². The van der Waals surface area contributed by atoms with Crippen LogP contribution in [0.5, 0.6) is 5.75 Å². The lowest BCUT2D eigenvalue weighted by atomic mass is 10.0. The second-order valence-electron chi connectivity index (χ2n) is 8.36. The highest BCUT2D eigenvalue weighted by atomic mass is 32.1. The third-order valence-corrected chi connectivity index (χ3v) is 7.12. The first-order valence-corrected chi connectivity index (χ1v) is 12.3. The summed E-state index contributed by atoms with van der Waals surface area (Å²) in [4.78, 5) is 29.7. The number of methoxy groups -OCH3 is 1. The minimum Gasteiger partial charge on any atom is -0.496 e. The second-order valence-corrected chi connectivity index (χ2v) is 9.22. The highest BCUT2D eigenvalue weighted by Gasteiger charge is 2.32. The van der Waals surface area contributed by atoms with Gasteiger partial charge in [0.05, 0.1) is 40.6 Å². The Morgan fingerprint density at radius 3 is 2.79 bits per heavy atom. The van der Waals surface area contributed by atoms with Gasteiger partial charge >= 0.3 is 0 Å². The quantitative estimate of drug-likeness (QED) is 0.369. The van der Waals surface area contributed by atoms with E-state index in [1.807, 2.05) is 53.7 Å². The van der Waals surface area contributed by atoms with Crippen LogP contribution >= 0.6 is 11.3 Å². The number of para-hydroxylation sites is 1. The molecule has 1 saturated heterocycles. The summed E-state index contributed by atoms with van der Waals surface area (Å²) in [5.74, 6) is 2.11. The molecule has 5 rings (SSSR count). The van der Waals surface area contributed by atoms with E-state index in [1.165, 1.54) is 0 Å². The number of hydrogen-bond acceptors (Lipinski definition) is 7. The highest BCUT2D eigenvalue weighted by Crippen LogP contribution is 2.33. The van der Waals surface area contributed by atoms with Crippen molar-refractivity contribution < 1.29 is 13.9 Å². The molecule has 0 saturated carbocycles. The lowest BCUT2D eigenvalue weighted by Crippen LogP contribution is -2.38. The number of benzene rings is 1. The molecule has 1 aliphatic rings. The molecule has 1 fully saturated rings. The Balaban J connectivity index is 1.34. The van der Waals surface area contributed by atoms with Crippen LogP contribution in [0.2, 0.25) is 0 Å². The van der Waals surface area contributed by atoms with E-state index in [9.17, 15) is 4.79 Å². The number of carbonyl (C=O) groups excluding carboxylic acids is 1. The molecule has 0 radical (unpaired) electrons. The van der Waals surface area contributed by atoms with Gasteiger partial charge in [-0.2, -0.15) is 0 Å². The molecule has 4 heterocycles. The Morgan fingerprint density at radius 1 is 1.15 bits per heavy atom. The van der Waals surface area contributed by atoms with Crippen LogP contribution in [0.1, 0.15) is 58.6 Å². The number of rotatable bonds is 6. The number of amides is 1. The molecule has 1 aromatic carbocycles. The van der Waals surface area contributed by atoms with Crippen LogP contribution in [-0.4, -0.2) is 39.4 Å². The predicted molar refractivity (Wildman–Crippen MR) is 130 cm³/mol. The van der Waals surface area contributed by atoms with Crippen LogP contribution in [0.3, 0.4) is 0 Å². The summed E-state index contributed by atoms with van der Waals surface area (Å²) in [6.45, 7) is 2.63. The Bertz CT molecular complexity index is 1280. The van der Waals surface area contributed by atoms with Gasteiger partial charge in [-0.25, -0.2) is 9.97 Å². The number of carbonyl (C=O) groups is 1. The molecule has 1 aliphatic heterocycles. The summed E-state index contributed by atoms with van der Waals surface area (Å²) in [6, 6.07) is 11.4. The maximum Gasteiger partial charge on any atom is 0.256 e. The van der Waals surface area contributed by atoms with Gasteiger partial charge in [0.15, 0.2) is 0 Å². The summed E-state index contributed by atoms with van der Waals surface area (Å²) in [5, 5.41) is 0. The molecule has 0 N–H and O–H groups in total. The van der Waals surface area contributed by atoms with Crippen molar-refractivity contribution in [2.24, 2.45) is 0 Å². The van der Waals surface area contributed by atoms with E-state index >= 15 is 0 Å². The average Bonchev–Trinajstić information content (AvgIpc) is 3.53. The van der Waals surface area contributed by atoms with Gasteiger partial charge in [0.1, 0.15) is 17.6 Å². The number of likely N-dealkylation sites (tertiary alicyclic amines) is 1. The van der Waals surface area contributed by atoms with E-state index in [0.717, 1.165) is 52.6 Å². The van der Waals surface area contributed by atoms with Crippen LogP contribution in [0.15, 0.2) is 58.7 Å². The van der Waals surface area contributed by atoms with E-state index in [1.54, 1.807) is 30.8 Å². The van der Waals surface area contributed by atoms with E-state index < -0.39 is 0 Å².